The number of likely N-dealkylation sites (tertiary alicyclic amines) is 1. The van der Waals surface area contributed by atoms with Crippen molar-refractivity contribution in [2.24, 2.45) is 5.73 Å². The van der Waals surface area contributed by atoms with Crippen LogP contribution < -0.4 is 10.5 Å². The SMILES string of the molecule is CCCCCc1c(-c2cccc(Oc3ccccc3)c2)c(C(N)=O)c(C)n1CCN1CCCCC1. The number of unbranched alkanes of at least 4 members (excludes halogenated alkanes) is 2. The first kappa shape index (κ1) is 25.1. The van der Waals surface area contributed by atoms with E-state index < -0.39 is 0 Å². The van der Waals surface area contributed by atoms with Gasteiger partial charge in [-0.25, -0.2) is 0 Å². The average molecular weight is 474 g/mol. The van der Waals surface area contributed by atoms with E-state index in [-0.39, 0.29) is 5.91 Å². The van der Waals surface area contributed by atoms with Gasteiger partial charge in [-0.3, -0.25) is 4.79 Å². The second-order valence-electron chi connectivity index (χ2n) is 9.60. The van der Waals surface area contributed by atoms with Gasteiger partial charge in [-0.1, -0.05) is 56.5 Å². The zero-order valence-electron chi connectivity index (χ0n) is 21.3. The van der Waals surface area contributed by atoms with Gasteiger partial charge in [0, 0.05) is 30.0 Å². The number of piperidine rings is 1. The Morgan fingerprint density at radius 3 is 2.40 bits per heavy atom. The number of hydrogen-bond donors (Lipinski definition) is 1. The number of benzene rings is 2. The van der Waals surface area contributed by atoms with Crippen molar-refractivity contribution in [1.82, 2.24) is 9.47 Å². The second-order valence-corrected chi connectivity index (χ2v) is 9.60. The standard InChI is InChI=1S/C30H39N3O2/c1-3-4-7-17-27-29(24-13-12-16-26(22-24)35-25-14-8-5-9-15-25)28(30(31)34)23(2)33(27)21-20-32-18-10-6-11-19-32/h5,8-9,12-16,22H,3-4,6-7,10-11,17-21H2,1-2H3,(H2,31,34). The molecule has 0 bridgehead atoms. The molecular weight excluding hydrogens is 434 g/mol. The third-order valence-corrected chi connectivity index (χ3v) is 7.08. The Morgan fingerprint density at radius 1 is 0.943 bits per heavy atom. The molecule has 2 heterocycles. The monoisotopic (exact) mass is 473 g/mol. The van der Waals surface area contributed by atoms with Crippen LogP contribution in [0.5, 0.6) is 11.5 Å². The van der Waals surface area contributed by atoms with Gasteiger partial charge in [-0.05, 0) is 75.5 Å². The van der Waals surface area contributed by atoms with Crippen molar-refractivity contribution < 1.29 is 9.53 Å². The lowest BCUT2D eigenvalue weighted by atomic mass is 9.97. The lowest BCUT2D eigenvalue weighted by molar-refractivity contribution is 0.1000. The molecule has 1 amide bonds. The van der Waals surface area contributed by atoms with Crippen molar-refractivity contribution in [1.29, 1.82) is 0 Å². The summed E-state index contributed by atoms with van der Waals surface area (Å²) >= 11 is 0. The Balaban J connectivity index is 1.72. The van der Waals surface area contributed by atoms with Crippen LogP contribution in [0.2, 0.25) is 0 Å². The summed E-state index contributed by atoms with van der Waals surface area (Å²) in [7, 11) is 0. The van der Waals surface area contributed by atoms with E-state index in [9.17, 15) is 4.79 Å². The molecule has 0 aliphatic carbocycles. The molecule has 0 unspecified atom stereocenters. The van der Waals surface area contributed by atoms with Crippen molar-refractivity contribution in [2.45, 2.75) is 65.3 Å². The van der Waals surface area contributed by atoms with Crippen LogP contribution in [0.1, 0.15) is 67.2 Å². The lowest BCUT2D eigenvalue weighted by Gasteiger charge is -2.27. The van der Waals surface area contributed by atoms with Gasteiger partial charge >= 0.3 is 0 Å². The molecule has 5 nitrogen and oxygen atoms in total. The minimum absolute atomic E-state index is 0.361. The highest BCUT2D eigenvalue weighted by Crippen LogP contribution is 2.36. The van der Waals surface area contributed by atoms with Gasteiger partial charge in [-0.2, -0.15) is 0 Å². The Labute approximate surface area is 209 Å². The molecule has 0 saturated carbocycles. The number of aromatic nitrogens is 1. The van der Waals surface area contributed by atoms with Crippen molar-refractivity contribution in [3.8, 4) is 22.6 Å². The lowest BCUT2D eigenvalue weighted by Crippen LogP contribution is -2.33. The number of ether oxygens (including phenoxy) is 1. The van der Waals surface area contributed by atoms with Crippen LogP contribution in [0.3, 0.4) is 0 Å². The fourth-order valence-corrected chi connectivity index (χ4v) is 5.28. The molecule has 4 rings (SSSR count). The molecule has 1 aliphatic rings. The number of carbonyl (C=O) groups is 1. The Morgan fingerprint density at radius 2 is 1.69 bits per heavy atom. The molecule has 0 radical (unpaired) electrons. The van der Waals surface area contributed by atoms with Gasteiger partial charge in [0.15, 0.2) is 0 Å². The molecule has 2 N–H and O–H groups in total. The van der Waals surface area contributed by atoms with E-state index in [1.807, 2.05) is 55.5 Å². The number of nitrogens with zero attached hydrogens (tertiary/aromatic N) is 2. The molecule has 2 aromatic carbocycles. The third kappa shape index (κ3) is 6.15. The van der Waals surface area contributed by atoms with E-state index in [1.54, 1.807) is 0 Å². The van der Waals surface area contributed by atoms with Gasteiger partial charge in [0.1, 0.15) is 11.5 Å². The van der Waals surface area contributed by atoms with Crippen LogP contribution in [-0.2, 0) is 13.0 Å². The predicted molar refractivity (Wildman–Crippen MR) is 143 cm³/mol. The Bertz CT molecular complexity index is 1110. The van der Waals surface area contributed by atoms with Gasteiger partial charge < -0.3 is 19.9 Å². The van der Waals surface area contributed by atoms with Crippen LogP contribution in [0.25, 0.3) is 11.1 Å². The first-order valence-corrected chi connectivity index (χ1v) is 13.2. The Hall–Kier alpha value is -3.05. The third-order valence-electron chi connectivity index (χ3n) is 7.08. The highest BCUT2D eigenvalue weighted by Gasteiger charge is 2.25. The molecule has 1 saturated heterocycles. The maximum atomic E-state index is 12.8. The molecule has 35 heavy (non-hydrogen) atoms. The zero-order valence-corrected chi connectivity index (χ0v) is 21.3. The summed E-state index contributed by atoms with van der Waals surface area (Å²) < 4.78 is 8.48. The van der Waals surface area contributed by atoms with E-state index >= 15 is 0 Å². The number of primary amides is 1. The quantitative estimate of drug-likeness (QED) is 0.320. The molecular formula is C30H39N3O2. The maximum absolute atomic E-state index is 12.8. The zero-order chi connectivity index (χ0) is 24.6. The smallest absolute Gasteiger partial charge is 0.251 e. The Kier molecular flexibility index (Phi) is 8.64. The van der Waals surface area contributed by atoms with E-state index in [0.29, 0.717) is 5.56 Å². The predicted octanol–water partition coefficient (Wildman–Crippen LogP) is 6.57. The van der Waals surface area contributed by atoms with Gasteiger partial charge in [0.2, 0.25) is 0 Å². The van der Waals surface area contributed by atoms with E-state index in [2.05, 4.69) is 22.5 Å². The normalized spacial score (nSPS) is 14.2. The fourth-order valence-electron chi connectivity index (χ4n) is 5.28. The molecule has 0 atom stereocenters. The van der Waals surface area contributed by atoms with Crippen molar-refractivity contribution in [3.63, 3.8) is 0 Å². The minimum Gasteiger partial charge on any atom is -0.457 e. The minimum atomic E-state index is -0.361. The number of rotatable bonds is 11. The molecule has 5 heteroatoms. The van der Waals surface area contributed by atoms with E-state index in [0.717, 1.165) is 60.7 Å². The summed E-state index contributed by atoms with van der Waals surface area (Å²) in [5.74, 6) is 1.18. The van der Waals surface area contributed by atoms with Crippen LogP contribution in [0.4, 0.5) is 0 Å². The first-order valence-electron chi connectivity index (χ1n) is 13.2. The summed E-state index contributed by atoms with van der Waals surface area (Å²) in [5.41, 5.74) is 10.8. The van der Waals surface area contributed by atoms with E-state index in [4.69, 9.17) is 10.5 Å². The summed E-state index contributed by atoms with van der Waals surface area (Å²) in [6.07, 6.45) is 8.24. The summed E-state index contributed by atoms with van der Waals surface area (Å²) in [4.78, 5) is 15.3. The molecule has 1 aromatic heterocycles. The summed E-state index contributed by atoms with van der Waals surface area (Å²) in [5, 5.41) is 0. The molecule has 186 valence electrons. The van der Waals surface area contributed by atoms with Crippen LogP contribution >= 0.6 is 0 Å². The number of nitrogens with two attached hydrogens (primary N) is 1. The number of para-hydroxylation sites is 1. The van der Waals surface area contributed by atoms with Gasteiger partial charge in [-0.15, -0.1) is 0 Å². The molecule has 3 aromatic rings. The van der Waals surface area contributed by atoms with Crippen molar-refractivity contribution in [2.75, 3.05) is 19.6 Å². The van der Waals surface area contributed by atoms with Gasteiger partial charge in [0.25, 0.3) is 5.91 Å². The van der Waals surface area contributed by atoms with Crippen molar-refractivity contribution in [3.05, 3.63) is 71.5 Å². The molecule has 1 fully saturated rings. The van der Waals surface area contributed by atoms with Crippen molar-refractivity contribution >= 4 is 5.91 Å². The van der Waals surface area contributed by atoms with Gasteiger partial charge in [0.05, 0.1) is 5.56 Å². The maximum Gasteiger partial charge on any atom is 0.251 e. The fraction of sp³-hybridized carbons (Fsp3) is 0.433. The number of carbonyl (C=O) groups excluding carboxylic acids is 1. The van der Waals surface area contributed by atoms with Crippen LogP contribution in [0.15, 0.2) is 54.6 Å². The second kappa shape index (κ2) is 12.1. The molecule has 0 spiro atoms. The molecule has 1 aliphatic heterocycles. The van der Waals surface area contributed by atoms with E-state index in [1.165, 1.54) is 44.5 Å². The average Bonchev–Trinajstić information content (AvgIpc) is 3.15. The van der Waals surface area contributed by atoms with Crippen LogP contribution in [-0.4, -0.2) is 35.0 Å². The summed E-state index contributed by atoms with van der Waals surface area (Å²) in [6.45, 7) is 8.49. The largest absolute Gasteiger partial charge is 0.457 e. The highest BCUT2D eigenvalue weighted by atomic mass is 16.5. The van der Waals surface area contributed by atoms with Crippen LogP contribution in [0, 0.1) is 6.92 Å². The first-order chi connectivity index (χ1) is 17.1. The highest BCUT2D eigenvalue weighted by molar-refractivity contribution is 6.02. The number of amides is 1. The summed E-state index contributed by atoms with van der Waals surface area (Å²) in [6, 6.07) is 17.8. The topological polar surface area (TPSA) is 60.5 Å². The number of hydrogen-bond acceptors (Lipinski definition) is 3.